The Morgan fingerprint density at radius 2 is 1.89 bits per heavy atom. The Bertz CT molecular complexity index is 938. The van der Waals surface area contributed by atoms with Crippen molar-refractivity contribution in [3.8, 4) is 5.75 Å². The van der Waals surface area contributed by atoms with E-state index in [9.17, 15) is 9.59 Å². The van der Waals surface area contributed by atoms with Gasteiger partial charge in [-0.05, 0) is 41.3 Å². The summed E-state index contributed by atoms with van der Waals surface area (Å²) < 4.78 is 5.23. The van der Waals surface area contributed by atoms with E-state index in [2.05, 4.69) is 5.32 Å². The highest BCUT2D eigenvalue weighted by Crippen LogP contribution is 2.21. The van der Waals surface area contributed by atoms with E-state index >= 15 is 0 Å². The number of methoxy groups -OCH3 is 1. The summed E-state index contributed by atoms with van der Waals surface area (Å²) in [6, 6.07) is 18.2. The third kappa shape index (κ3) is 4.54. The third-order valence-corrected chi connectivity index (χ3v) is 4.92. The molecule has 0 aliphatic heterocycles. The standard InChI is InChI=1S/C21H20N2O3S/c1-23(14-15-7-5-8-16(13-15)26-2)21(25)17-9-3-4-10-18(17)22-20(24)19-11-6-12-27-19/h3-13H,14H2,1-2H3,(H,22,24). The molecule has 0 bridgehead atoms. The van der Waals surface area contributed by atoms with E-state index in [1.165, 1.54) is 11.3 Å². The van der Waals surface area contributed by atoms with Crippen LogP contribution in [0.25, 0.3) is 0 Å². The van der Waals surface area contributed by atoms with Gasteiger partial charge >= 0.3 is 0 Å². The van der Waals surface area contributed by atoms with E-state index in [0.29, 0.717) is 22.7 Å². The number of ether oxygens (including phenoxy) is 1. The minimum atomic E-state index is -0.222. The van der Waals surface area contributed by atoms with Crippen molar-refractivity contribution in [2.24, 2.45) is 0 Å². The van der Waals surface area contributed by atoms with Crippen molar-refractivity contribution in [1.82, 2.24) is 4.90 Å². The maximum absolute atomic E-state index is 12.9. The van der Waals surface area contributed by atoms with Gasteiger partial charge in [-0.2, -0.15) is 0 Å². The van der Waals surface area contributed by atoms with Crippen molar-refractivity contribution in [3.05, 3.63) is 82.0 Å². The second-order valence-corrected chi connectivity index (χ2v) is 6.94. The summed E-state index contributed by atoms with van der Waals surface area (Å²) in [5.74, 6) is 0.359. The van der Waals surface area contributed by atoms with Crippen LogP contribution in [0.5, 0.6) is 5.75 Å². The first-order valence-electron chi connectivity index (χ1n) is 8.41. The second kappa shape index (κ2) is 8.51. The number of para-hydroxylation sites is 1. The van der Waals surface area contributed by atoms with Gasteiger partial charge in [0.15, 0.2) is 0 Å². The number of nitrogens with zero attached hydrogens (tertiary/aromatic N) is 1. The zero-order chi connectivity index (χ0) is 19.2. The normalized spacial score (nSPS) is 10.3. The van der Waals surface area contributed by atoms with Crippen LogP contribution in [0, 0.1) is 0 Å². The summed E-state index contributed by atoms with van der Waals surface area (Å²) in [5.41, 5.74) is 1.91. The van der Waals surface area contributed by atoms with Crippen molar-refractivity contribution < 1.29 is 14.3 Å². The summed E-state index contributed by atoms with van der Waals surface area (Å²) in [6.45, 7) is 0.434. The van der Waals surface area contributed by atoms with Gasteiger partial charge < -0.3 is 15.0 Å². The van der Waals surface area contributed by atoms with Crippen molar-refractivity contribution in [2.75, 3.05) is 19.5 Å². The summed E-state index contributed by atoms with van der Waals surface area (Å²) in [4.78, 5) is 27.5. The van der Waals surface area contributed by atoms with Gasteiger partial charge in [0.25, 0.3) is 11.8 Å². The van der Waals surface area contributed by atoms with E-state index in [0.717, 1.165) is 11.3 Å². The molecular weight excluding hydrogens is 360 g/mol. The van der Waals surface area contributed by atoms with Crippen molar-refractivity contribution in [1.29, 1.82) is 0 Å². The second-order valence-electron chi connectivity index (χ2n) is 5.99. The number of hydrogen-bond donors (Lipinski definition) is 1. The first-order valence-corrected chi connectivity index (χ1v) is 9.28. The van der Waals surface area contributed by atoms with Gasteiger partial charge in [-0.3, -0.25) is 9.59 Å². The first kappa shape index (κ1) is 18.7. The largest absolute Gasteiger partial charge is 0.497 e. The third-order valence-electron chi connectivity index (χ3n) is 4.05. The molecule has 0 aliphatic rings. The van der Waals surface area contributed by atoms with Crippen LogP contribution in [-0.2, 0) is 6.54 Å². The molecule has 0 aliphatic carbocycles. The maximum atomic E-state index is 12.9. The Kier molecular flexibility index (Phi) is 5.88. The van der Waals surface area contributed by atoms with Crippen LogP contribution < -0.4 is 10.1 Å². The molecule has 0 atom stereocenters. The highest BCUT2D eigenvalue weighted by molar-refractivity contribution is 7.12. The fourth-order valence-electron chi connectivity index (χ4n) is 2.69. The lowest BCUT2D eigenvalue weighted by Gasteiger charge is -2.19. The number of anilines is 1. The monoisotopic (exact) mass is 380 g/mol. The van der Waals surface area contributed by atoms with Crippen molar-refractivity contribution in [3.63, 3.8) is 0 Å². The van der Waals surface area contributed by atoms with Crippen LogP contribution in [0.2, 0.25) is 0 Å². The molecule has 3 rings (SSSR count). The predicted octanol–water partition coefficient (Wildman–Crippen LogP) is 4.28. The molecular formula is C21H20N2O3S. The van der Waals surface area contributed by atoms with Gasteiger partial charge in [-0.1, -0.05) is 30.3 Å². The van der Waals surface area contributed by atoms with Gasteiger partial charge in [0.1, 0.15) is 5.75 Å². The van der Waals surface area contributed by atoms with Crippen LogP contribution in [-0.4, -0.2) is 30.9 Å². The SMILES string of the molecule is COc1cccc(CN(C)C(=O)c2ccccc2NC(=O)c2cccs2)c1. The van der Waals surface area contributed by atoms with Crippen LogP contribution in [0.1, 0.15) is 25.6 Å². The number of nitrogens with one attached hydrogen (secondary N) is 1. The van der Waals surface area contributed by atoms with Crippen molar-refractivity contribution in [2.45, 2.75) is 6.54 Å². The molecule has 1 heterocycles. The number of rotatable bonds is 6. The quantitative estimate of drug-likeness (QED) is 0.694. The lowest BCUT2D eigenvalue weighted by Crippen LogP contribution is -2.27. The Morgan fingerprint density at radius 3 is 2.63 bits per heavy atom. The number of thiophene rings is 1. The Hall–Kier alpha value is -3.12. The van der Waals surface area contributed by atoms with Crippen LogP contribution >= 0.6 is 11.3 Å². The molecule has 2 amide bonds. The number of amides is 2. The van der Waals surface area contributed by atoms with E-state index in [-0.39, 0.29) is 11.8 Å². The highest BCUT2D eigenvalue weighted by Gasteiger charge is 2.18. The van der Waals surface area contributed by atoms with Gasteiger partial charge in [0.2, 0.25) is 0 Å². The Balaban J connectivity index is 1.76. The smallest absolute Gasteiger partial charge is 0.265 e. The number of carbonyl (C=O) groups is 2. The molecule has 138 valence electrons. The minimum Gasteiger partial charge on any atom is -0.497 e. The predicted molar refractivity (Wildman–Crippen MR) is 108 cm³/mol. The molecule has 5 nitrogen and oxygen atoms in total. The molecule has 1 N–H and O–H groups in total. The molecule has 0 spiro atoms. The summed E-state index contributed by atoms with van der Waals surface area (Å²) in [5, 5.41) is 4.68. The molecule has 6 heteroatoms. The molecule has 0 unspecified atom stereocenters. The zero-order valence-electron chi connectivity index (χ0n) is 15.1. The van der Waals surface area contributed by atoms with E-state index in [4.69, 9.17) is 4.74 Å². The van der Waals surface area contributed by atoms with Crippen molar-refractivity contribution >= 4 is 28.8 Å². The van der Waals surface area contributed by atoms with Crippen LogP contribution in [0.15, 0.2) is 66.0 Å². The fraction of sp³-hybridized carbons (Fsp3) is 0.143. The van der Waals surface area contributed by atoms with Gasteiger partial charge in [-0.15, -0.1) is 11.3 Å². The summed E-state index contributed by atoms with van der Waals surface area (Å²) in [6.07, 6.45) is 0. The molecule has 27 heavy (non-hydrogen) atoms. The number of carbonyl (C=O) groups excluding carboxylic acids is 2. The van der Waals surface area contributed by atoms with E-state index < -0.39 is 0 Å². The fourth-order valence-corrected chi connectivity index (χ4v) is 3.31. The minimum absolute atomic E-state index is 0.167. The van der Waals surface area contributed by atoms with Gasteiger partial charge in [0, 0.05) is 13.6 Å². The van der Waals surface area contributed by atoms with E-state index in [1.54, 1.807) is 49.4 Å². The molecule has 0 fully saturated rings. The molecule has 0 radical (unpaired) electrons. The Morgan fingerprint density at radius 1 is 1.07 bits per heavy atom. The molecule has 1 aromatic heterocycles. The molecule has 2 aromatic carbocycles. The lowest BCUT2D eigenvalue weighted by atomic mass is 10.1. The average molecular weight is 380 g/mol. The lowest BCUT2D eigenvalue weighted by molar-refractivity contribution is 0.0786. The van der Waals surface area contributed by atoms with E-state index in [1.807, 2.05) is 35.7 Å². The van der Waals surface area contributed by atoms with Gasteiger partial charge in [0.05, 0.1) is 23.2 Å². The Labute approximate surface area is 162 Å². The summed E-state index contributed by atoms with van der Waals surface area (Å²) in [7, 11) is 3.35. The molecule has 0 saturated carbocycles. The highest BCUT2D eigenvalue weighted by atomic mass is 32.1. The topological polar surface area (TPSA) is 58.6 Å². The molecule has 3 aromatic rings. The number of hydrogen-bond acceptors (Lipinski definition) is 4. The maximum Gasteiger partial charge on any atom is 0.265 e. The van der Waals surface area contributed by atoms with Gasteiger partial charge in [-0.25, -0.2) is 0 Å². The molecule has 0 saturated heterocycles. The van der Waals surface area contributed by atoms with Crippen LogP contribution in [0.4, 0.5) is 5.69 Å². The summed E-state index contributed by atoms with van der Waals surface area (Å²) >= 11 is 1.36. The first-order chi connectivity index (χ1) is 13.1. The average Bonchev–Trinajstić information content (AvgIpc) is 3.23. The zero-order valence-corrected chi connectivity index (χ0v) is 16.0. The number of benzene rings is 2. The van der Waals surface area contributed by atoms with Crippen LogP contribution in [0.3, 0.4) is 0 Å².